The molecule has 1 fully saturated rings. The Morgan fingerprint density at radius 3 is 2.65 bits per heavy atom. The van der Waals surface area contributed by atoms with Crippen LogP contribution in [0.5, 0.6) is 0 Å². The predicted molar refractivity (Wildman–Crippen MR) is 80.4 cm³/mol. The van der Waals surface area contributed by atoms with Crippen molar-refractivity contribution in [2.24, 2.45) is 0 Å². The third-order valence-corrected chi connectivity index (χ3v) is 4.23. The van der Waals surface area contributed by atoms with Crippen molar-refractivity contribution in [3.05, 3.63) is 52.8 Å². The van der Waals surface area contributed by atoms with Gasteiger partial charge in [-0.1, -0.05) is 23.7 Å². The van der Waals surface area contributed by atoms with E-state index in [2.05, 4.69) is 10.1 Å². The van der Waals surface area contributed by atoms with Crippen LogP contribution in [-0.4, -0.2) is 14.6 Å². The molecular formula is C16H11ClF3N3. The summed E-state index contributed by atoms with van der Waals surface area (Å²) in [7, 11) is 0. The van der Waals surface area contributed by atoms with E-state index in [-0.39, 0.29) is 0 Å². The maximum Gasteiger partial charge on any atom is 0.416 e. The first kappa shape index (κ1) is 14.5. The topological polar surface area (TPSA) is 30.2 Å². The van der Waals surface area contributed by atoms with Gasteiger partial charge in [0.2, 0.25) is 0 Å². The number of hydrogen-bond donors (Lipinski definition) is 0. The lowest BCUT2D eigenvalue weighted by Gasteiger charge is -2.09. The average molecular weight is 338 g/mol. The van der Waals surface area contributed by atoms with Crippen molar-refractivity contribution in [3.8, 4) is 11.3 Å². The van der Waals surface area contributed by atoms with E-state index in [0.29, 0.717) is 28.0 Å². The van der Waals surface area contributed by atoms with Crippen molar-refractivity contribution in [2.45, 2.75) is 24.9 Å². The number of benzene rings is 1. The van der Waals surface area contributed by atoms with Crippen molar-refractivity contribution in [2.75, 3.05) is 0 Å². The lowest BCUT2D eigenvalue weighted by atomic mass is 10.1. The van der Waals surface area contributed by atoms with E-state index in [1.54, 1.807) is 12.3 Å². The van der Waals surface area contributed by atoms with Gasteiger partial charge in [-0.15, -0.1) is 0 Å². The number of alkyl halides is 3. The molecule has 0 radical (unpaired) electrons. The number of hydrogen-bond acceptors (Lipinski definition) is 2. The molecule has 0 bridgehead atoms. The number of halogens is 4. The third kappa shape index (κ3) is 2.57. The van der Waals surface area contributed by atoms with Crippen molar-refractivity contribution in [1.29, 1.82) is 0 Å². The van der Waals surface area contributed by atoms with E-state index in [1.165, 1.54) is 16.6 Å². The summed E-state index contributed by atoms with van der Waals surface area (Å²) < 4.78 is 40.2. The first-order valence-electron chi connectivity index (χ1n) is 7.15. The van der Waals surface area contributed by atoms with Gasteiger partial charge >= 0.3 is 6.18 Å². The fourth-order valence-corrected chi connectivity index (χ4v) is 2.86. The van der Waals surface area contributed by atoms with E-state index < -0.39 is 11.7 Å². The van der Waals surface area contributed by atoms with Crippen molar-refractivity contribution in [1.82, 2.24) is 14.6 Å². The average Bonchev–Trinajstić information content (AvgIpc) is 3.26. The Morgan fingerprint density at radius 2 is 1.96 bits per heavy atom. The Kier molecular flexibility index (Phi) is 3.13. The predicted octanol–water partition coefficient (Wildman–Crippen LogP) is 4.95. The van der Waals surface area contributed by atoms with Gasteiger partial charge in [-0.3, -0.25) is 0 Å². The van der Waals surface area contributed by atoms with E-state index in [0.717, 1.165) is 30.5 Å². The standard InChI is InChI=1S/C16H11ClF3N3/c17-14-7-13(10-2-1-3-11(6-10)16(18,19)20)22-15-12(9-4-5-9)8-21-23(14)15/h1-3,6-9H,4-5H2. The van der Waals surface area contributed by atoms with Crippen LogP contribution < -0.4 is 0 Å². The molecule has 0 aliphatic heterocycles. The van der Waals surface area contributed by atoms with E-state index in [9.17, 15) is 13.2 Å². The highest BCUT2D eigenvalue weighted by molar-refractivity contribution is 6.30. The zero-order valence-corrected chi connectivity index (χ0v) is 12.6. The lowest BCUT2D eigenvalue weighted by Crippen LogP contribution is -2.04. The molecule has 2 aromatic heterocycles. The van der Waals surface area contributed by atoms with Gasteiger partial charge in [0.15, 0.2) is 5.65 Å². The fourth-order valence-electron chi connectivity index (χ4n) is 2.63. The normalized spacial score (nSPS) is 15.3. The van der Waals surface area contributed by atoms with E-state index in [1.807, 2.05) is 0 Å². The van der Waals surface area contributed by atoms with Crippen LogP contribution in [0.1, 0.15) is 29.9 Å². The highest BCUT2D eigenvalue weighted by atomic mass is 35.5. The molecule has 23 heavy (non-hydrogen) atoms. The molecular weight excluding hydrogens is 327 g/mol. The summed E-state index contributed by atoms with van der Waals surface area (Å²) in [6, 6.07) is 6.63. The highest BCUT2D eigenvalue weighted by Gasteiger charge is 2.31. The molecule has 7 heteroatoms. The summed E-state index contributed by atoms with van der Waals surface area (Å²) in [5.74, 6) is 0.424. The smallest absolute Gasteiger partial charge is 0.228 e. The molecule has 0 N–H and O–H groups in total. The molecule has 0 spiro atoms. The minimum Gasteiger partial charge on any atom is -0.228 e. The number of fused-ring (bicyclic) bond motifs is 1. The Bertz CT molecular complexity index is 897. The molecule has 3 aromatic rings. The largest absolute Gasteiger partial charge is 0.416 e. The molecule has 0 atom stereocenters. The van der Waals surface area contributed by atoms with Gasteiger partial charge in [0.1, 0.15) is 5.15 Å². The molecule has 3 nitrogen and oxygen atoms in total. The highest BCUT2D eigenvalue weighted by Crippen LogP contribution is 2.42. The van der Waals surface area contributed by atoms with Crippen LogP contribution in [0, 0.1) is 0 Å². The summed E-state index contributed by atoms with van der Waals surface area (Å²) in [5, 5.41) is 4.54. The van der Waals surface area contributed by atoms with Crippen LogP contribution in [0.3, 0.4) is 0 Å². The van der Waals surface area contributed by atoms with Crippen molar-refractivity contribution in [3.63, 3.8) is 0 Å². The van der Waals surface area contributed by atoms with Crippen LogP contribution in [0.2, 0.25) is 5.15 Å². The van der Waals surface area contributed by atoms with Gasteiger partial charge in [0.05, 0.1) is 17.5 Å². The van der Waals surface area contributed by atoms with Gasteiger partial charge in [0, 0.05) is 17.2 Å². The second kappa shape index (κ2) is 4.96. The summed E-state index contributed by atoms with van der Waals surface area (Å²) in [6.07, 6.45) is -0.496. The van der Waals surface area contributed by atoms with Crippen LogP contribution >= 0.6 is 11.6 Å². The fraction of sp³-hybridized carbons (Fsp3) is 0.250. The summed E-state index contributed by atoms with van der Waals surface area (Å²) in [5.41, 5.74) is 1.71. The van der Waals surface area contributed by atoms with Gasteiger partial charge < -0.3 is 0 Å². The first-order valence-corrected chi connectivity index (χ1v) is 7.53. The zero-order valence-electron chi connectivity index (χ0n) is 11.8. The van der Waals surface area contributed by atoms with Gasteiger partial charge in [-0.05, 0) is 30.9 Å². The summed E-state index contributed by atoms with van der Waals surface area (Å²) in [6.45, 7) is 0. The third-order valence-electron chi connectivity index (χ3n) is 3.96. The zero-order chi connectivity index (χ0) is 16.2. The summed E-state index contributed by atoms with van der Waals surface area (Å²) >= 11 is 6.22. The molecule has 118 valence electrons. The van der Waals surface area contributed by atoms with Crippen molar-refractivity contribution < 1.29 is 13.2 Å². The molecule has 1 saturated carbocycles. The van der Waals surface area contributed by atoms with Gasteiger partial charge in [0.25, 0.3) is 0 Å². The van der Waals surface area contributed by atoms with Crippen molar-refractivity contribution >= 4 is 17.2 Å². The summed E-state index contributed by atoms with van der Waals surface area (Å²) in [4.78, 5) is 4.50. The Morgan fingerprint density at radius 1 is 1.17 bits per heavy atom. The van der Waals surface area contributed by atoms with Crippen LogP contribution in [0.25, 0.3) is 16.9 Å². The van der Waals surface area contributed by atoms with E-state index in [4.69, 9.17) is 11.6 Å². The SMILES string of the molecule is FC(F)(F)c1cccc(-c2cc(Cl)n3ncc(C4CC4)c3n2)c1. The first-order chi connectivity index (χ1) is 10.9. The molecule has 0 amide bonds. The molecule has 2 heterocycles. The number of nitrogens with zero attached hydrogens (tertiary/aromatic N) is 3. The maximum atomic E-state index is 12.9. The van der Waals surface area contributed by atoms with Gasteiger partial charge in [-0.25, -0.2) is 9.50 Å². The minimum absolute atomic E-state index is 0.328. The molecule has 1 aliphatic carbocycles. The van der Waals surface area contributed by atoms with E-state index >= 15 is 0 Å². The molecule has 1 aliphatic rings. The Labute approximate surface area is 134 Å². The maximum absolute atomic E-state index is 12.9. The number of aromatic nitrogens is 3. The Hall–Kier alpha value is -2.08. The minimum atomic E-state index is -4.39. The van der Waals surface area contributed by atoms with Crippen LogP contribution in [0.4, 0.5) is 13.2 Å². The monoisotopic (exact) mass is 337 g/mol. The van der Waals surface area contributed by atoms with Gasteiger partial charge in [-0.2, -0.15) is 18.3 Å². The quantitative estimate of drug-likeness (QED) is 0.620. The molecule has 1 aromatic carbocycles. The van der Waals surface area contributed by atoms with Crippen LogP contribution in [0.15, 0.2) is 36.5 Å². The second-order valence-electron chi connectivity index (χ2n) is 5.65. The molecule has 4 rings (SSSR count). The van der Waals surface area contributed by atoms with Crippen LogP contribution in [-0.2, 0) is 6.18 Å². The number of rotatable bonds is 2. The second-order valence-corrected chi connectivity index (χ2v) is 6.04. The Balaban J connectivity index is 1.87. The lowest BCUT2D eigenvalue weighted by molar-refractivity contribution is -0.137. The molecule has 0 unspecified atom stereocenters. The molecule has 0 saturated heterocycles.